The number of hydrogen-bond donors (Lipinski definition) is 2. The fraction of sp³-hybridized carbons (Fsp3) is 0.643. The molecular weight excluding hydrogens is 270 g/mol. The highest BCUT2D eigenvalue weighted by atomic mass is 16.5. The van der Waals surface area contributed by atoms with E-state index in [-0.39, 0.29) is 12.5 Å². The molecule has 7 heteroatoms. The topological polar surface area (TPSA) is 93.4 Å². The summed E-state index contributed by atoms with van der Waals surface area (Å²) in [5.41, 5.74) is 5.40. The number of nitrogens with one attached hydrogen (secondary N) is 1. The zero-order chi connectivity index (χ0) is 15.2. The summed E-state index contributed by atoms with van der Waals surface area (Å²) < 4.78 is 5.11. The number of anilines is 2. The predicted octanol–water partition coefficient (Wildman–Crippen LogP) is 0.899. The Morgan fingerprint density at radius 2 is 2.19 bits per heavy atom. The van der Waals surface area contributed by atoms with E-state index in [0.29, 0.717) is 24.3 Å². The number of rotatable bonds is 7. The van der Waals surface area contributed by atoms with Crippen molar-refractivity contribution in [3.63, 3.8) is 0 Å². The third-order valence-corrected chi connectivity index (χ3v) is 3.67. The minimum absolute atomic E-state index is 0.178. The third-order valence-electron chi connectivity index (χ3n) is 3.67. The summed E-state index contributed by atoms with van der Waals surface area (Å²) in [5, 5.41) is 3.02. The molecule has 1 amide bonds. The molecule has 116 valence electrons. The number of ether oxygens (including phenoxy) is 1. The quantitative estimate of drug-likeness (QED) is 0.776. The van der Waals surface area contributed by atoms with Gasteiger partial charge in [0.15, 0.2) is 5.82 Å². The van der Waals surface area contributed by atoms with Gasteiger partial charge in [0, 0.05) is 26.3 Å². The lowest BCUT2D eigenvalue weighted by atomic mass is 10.2. The maximum absolute atomic E-state index is 11.4. The lowest BCUT2D eigenvalue weighted by Crippen LogP contribution is -2.41. The van der Waals surface area contributed by atoms with Crippen LogP contribution in [0.1, 0.15) is 31.5 Å². The van der Waals surface area contributed by atoms with Crippen molar-refractivity contribution in [1.82, 2.24) is 9.97 Å². The number of carbonyl (C=O) groups is 1. The van der Waals surface area contributed by atoms with Gasteiger partial charge >= 0.3 is 0 Å². The first kappa shape index (κ1) is 15.5. The fourth-order valence-electron chi connectivity index (χ4n) is 2.73. The summed E-state index contributed by atoms with van der Waals surface area (Å²) in [7, 11) is 3.41. The maximum Gasteiger partial charge on any atom is 0.237 e. The van der Waals surface area contributed by atoms with E-state index in [2.05, 4.69) is 15.3 Å². The molecule has 1 fully saturated rings. The van der Waals surface area contributed by atoms with Crippen molar-refractivity contribution >= 4 is 17.5 Å². The maximum atomic E-state index is 11.4. The number of methoxy groups -OCH3 is 1. The molecule has 0 atom stereocenters. The molecule has 1 heterocycles. The smallest absolute Gasteiger partial charge is 0.237 e. The zero-order valence-electron chi connectivity index (χ0n) is 12.6. The van der Waals surface area contributed by atoms with Gasteiger partial charge in [0.05, 0.1) is 6.54 Å². The van der Waals surface area contributed by atoms with Crippen LogP contribution in [0.15, 0.2) is 6.07 Å². The number of primary amides is 1. The van der Waals surface area contributed by atoms with Crippen LogP contribution in [0, 0.1) is 0 Å². The zero-order valence-corrected chi connectivity index (χ0v) is 12.6. The monoisotopic (exact) mass is 293 g/mol. The average Bonchev–Trinajstić information content (AvgIpc) is 2.98. The lowest BCUT2D eigenvalue weighted by Gasteiger charge is -2.29. The molecule has 2 rings (SSSR count). The Balaban J connectivity index is 2.32. The van der Waals surface area contributed by atoms with Gasteiger partial charge in [0.25, 0.3) is 0 Å². The first-order valence-electron chi connectivity index (χ1n) is 7.23. The highest BCUT2D eigenvalue weighted by Gasteiger charge is 2.25. The van der Waals surface area contributed by atoms with Crippen LogP contribution >= 0.6 is 0 Å². The normalized spacial score (nSPS) is 15.1. The van der Waals surface area contributed by atoms with Crippen LogP contribution in [-0.2, 0) is 16.1 Å². The number of carbonyl (C=O) groups excluding carboxylic acids is 1. The standard InChI is InChI=1S/C14H23N5O2/c1-16-12-7-14(18-13(17-12)9-21-2)19(8-11(15)20)10-5-3-4-6-10/h7,10H,3-6,8-9H2,1-2H3,(H2,15,20)(H,16,17,18). The number of amides is 1. The molecule has 7 nitrogen and oxygen atoms in total. The van der Waals surface area contributed by atoms with E-state index < -0.39 is 0 Å². The Labute approximate surface area is 124 Å². The molecule has 0 bridgehead atoms. The second-order valence-electron chi connectivity index (χ2n) is 5.24. The SMILES string of the molecule is CNc1cc(N(CC(N)=O)C2CCCC2)nc(COC)n1. The summed E-state index contributed by atoms with van der Waals surface area (Å²) >= 11 is 0. The molecule has 0 saturated heterocycles. The van der Waals surface area contributed by atoms with Crippen molar-refractivity contribution in [1.29, 1.82) is 0 Å². The molecule has 1 aliphatic carbocycles. The van der Waals surface area contributed by atoms with Gasteiger partial charge in [-0.1, -0.05) is 12.8 Å². The minimum atomic E-state index is -0.347. The van der Waals surface area contributed by atoms with Gasteiger partial charge in [-0.05, 0) is 12.8 Å². The number of nitrogens with zero attached hydrogens (tertiary/aromatic N) is 3. The van der Waals surface area contributed by atoms with Crippen molar-refractivity contribution < 1.29 is 9.53 Å². The van der Waals surface area contributed by atoms with Crippen LogP contribution < -0.4 is 16.0 Å². The summed E-state index contributed by atoms with van der Waals surface area (Å²) in [4.78, 5) is 22.2. The van der Waals surface area contributed by atoms with Gasteiger partial charge in [-0.2, -0.15) is 0 Å². The molecule has 1 aromatic rings. The molecule has 0 aliphatic heterocycles. The van der Waals surface area contributed by atoms with Gasteiger partial charge < -0.3 is 20.7 Å². The van der Waals surface area contributed by atoms with Crippen LogP contribution in [0.4, 0.5) is 11.6 Å². The van der Waals surface area contributed by atoms with E-state index >= 15 is 0 Å². The van der Waals surface area contributed by atoms with Crippen molar-refractivity contribution in [3.8, 4) is 0 Å². The molecule has 0 unspecified atom stereocenters. The van der Waals surface area contributed by atoms with Crippen molar-refractivity contribution in [3.05, 3.63) is 11.9 Å². The van der Waals surface area contributed by atoms with Gasteiger partial charge in [-0.15, -0.1) is 0 Å². The van der Waals surface area contributed by atoms with Gasteiger partial charge in [0.2, 0.25) is 5.91 Å². The lowest BCUT2D eigenvalue weighted by molar-refractivity contribution is -0.116. The Hall–Kier alpha value is -1.89. The molecule has 3 N–H and O–H groups in total. The second kappa shape index (κ2) is 7.21. The Kier molecular flexibility index (Phi) is 5.32. The third kappa shape index (κ3) is 4.04. The molecule has 1 aromatic heterocycles. The predicted molar refractivity (Wildman–Crippen MR) is 81.1 cm³/mol. The first-order valence-corrected chi connectivity index (χ1v) is 7.23. The summed E-state index contributed by atoms with van der Waals surface area (Å²) in [6.45, 7) is 0.509. The van der Waals surface area contributed by atoms with Crippen LogP contribution in [0.5, 0.6) is 0 Å². The molecule has 0 radical (unpaired) electrons. The van der Waals surface area contributed by atoms with Crippen LogP contribution in [0.3, 0.4) is 0 Å². The summed E-state index contributed by atoms with van der Waals surface area (Å²) in [6, 6.07) is 2.16. The van der Waals surface area contributed by atoms with Crippen LogP contribution in [0.2, 0.25) is 0 Å². The van der Waals surface area contributed by atoms with E-state index in [1.165, 1.54) is 12.8 Å². The Morgan fingerprint density at radius 1 is 1.48 bits per heavy atom. The fourth-order valence-corrected chi connectivity index (χ4v) is 2.73. The Morgan fingerprint density at radius 3 is 2.76 bits per heavy atom. The van der Waals surface area contributed by atoms with E-state index in [4.69, 9.17) is 10.5 Å². The highest BCUT2D eigenvalue weighted by Crippen LogP contribution is 2.28. The van der Waals surface area contributed by atoms with E-state index in [9.17, 15) is 4.79 Å². The van der Waals surface area contributed by atoms with Crippen molar-refractivity contribution in [2.45, 2.75) is 38.3 Å². The average molecular weight is 293 g/mol. The summed E-state index contributed by atoms with van der Waals surface area (Å²) in [6.07, 6.45) is 4.47. The highest BCUT2D eigenvalue weighted by molar-refractivity contribution is 5.79. The molecule has 0 aromatic carbocycles. The van der Waals surface area contributed by atoms with Gasteiger partial charge in [-0.25, -0.2) is 9.97 Å². The van der Waals surface area contributed by atoms with E-state index in [0.717, 1.165) is 18.7 Å². The molecular formula is C14H23N5O2. The van der Waals surface area contributed by atoms with E-state index in [1.807, 2.05) is 11.0 Å². The number of nitrogens with two attached hydrogens (primary N) is 1. The number of hydrogen-bond acceptors (Lipinski definition) is 6. The van der Waals surface area contributed by atoms with Gasteiger partial charge in [-0.3, -0.25) is 4.79 Å². The molecule has 1 saturated carbocycles. The van der Waals surface area contributed by atoms with E-state index in [1.54, 1.807) is 14.2 Å². The molecule has 0 spiro atoms. The van der Waals surface area contributed by atoms with Crippen molar-refractivity contribution in [2.24, 2.45) is 5.73 Å². The molecule has 21 heavy (non-hydrogen) atoms. The minimum Gasteiger partial charge on any atom is -0.377 e. The largest absolute Gasteiger partial charge is 0.377 e. The van der Waals surface area contributed by atoms with Gasteiger partial charge in [0.1, 0.15) is 18.2 Å². The summed E-state index contributed by atoms with van der Waals surface area (Å²) in [5.74, 6) is 1.68. The van der Waals surface area contributed by atoms with Crippen LogP contribution in [-0.4, -0.2) is 42.6 Å². The first-order chi connectivity index (χ1) is 10.1. The molecule has 1 aliphatic rings. The van der Waals surface area contributed by atoms with Crippen molar-refractivity contribution in [2.75, 3.05) is 30.9 Å². The number of aromatic nitrogens is 2. The second-order valence-corrected chi connectivity index (χ2v) is 5.24. The van der Waals surface area contributed by atoms with Crippen LogP contribution in [0.25, 0.3) is 0 Å². The Bertz CT molecular complexity index is 488.